The number of hydrogen-bond donors (Lipinski definition) is 0. The minimum absolute atomic E-state index is 0.194. The van der Waals surface area contributed by atoms with Crippen LogP contribution in [0.4, 0.5) is 12.9 Å². The highest BCUT2D eigenvalue weighted by Gasteiger charge is 2.25. The van der Waals surface area contributed by atoms with Crippen molar-refractivity contribution in [3.63, 3.8) is 0 Å². The maximum absolute atomic E-state index is 12.5. The van der Waals surface area contributed by atoms with Gasteiger partial charge < -0.3 is 22.4 Å². The average molecular weight is 247 g/mol. The lowest BCUT2D eigenvalue weighted by molar-refractivity contribution is 0.0916. The second kappa shape index (κ2) is 5.45. The predicted molar refractivity (Wildman–Crippen MR) is 61.9 cm³/mol. The van der Waals surface area contributed by atoms with E-state index in [2.05, 4.69) is 0 Å². The Bertz CT molecular complexity index is 379. The van der Waals surface area contributed by atoms with Crippen LogP contribution in [0, 0.1) is 6.92 Å². The highest BCUT2D eigenvalue weighted by Crippen LogP contribution is 2.20. The molecule has 6 heteroatoms. The normalized spacial score (nSPS) is 13.5. The third kappa shape index (κ3) is 3.96. The van der Waals surface area contributed by atoms with E-state index in [1.807, 2.05) is 0 Å². The van der Waals surface area contributed by atoms with Crippen molar-refractivity contribution in [1.29, 1.82) is 0 Å². The number of ether oxygens (including phenoxy) is 2. The number of rotatable bonds is 5. The molecule has 1 aromatic rings. The fraction of sp³-hybridized carbons (Fsp3) is 0.455. The van der Waals surface area contributed by atoms with E-state index >= 15 is 0 Å². The van der Waals surface area contributed by atoms with E-state index in [1.165, 1.54) is 6.07 Å². The maximum Gasteiger partial charge on any atom is 0.509 e. The molecule has 0 radical (unpaired) electrons. The maximum atomic E-state index is 12.5. The minimum Gasteiger partial charge on any atom is -0.488 e. The first kappa shape index (κ1) is 13.9. The number of benzene rings is 1. The molecule has 1 rings (SSSR count). The van der Waals surface area contributed by atoms with E-state index in [4.69, 9.17) is 9.47 Å². The third-order valence-electron chi connectivity index (χ3n) is 2.31. The molecule has 0 amide bonds. The second-order valence-corrected chi connectivity index (χ2v) is 3.98. The molecule has 1 atom stereocenters. The lowest BCUT2D eigenvalue weighted by Crippen LogP contribution is -2.34. The summed E-state index contributed by atoms with van der Waals surface area (Å²) in [6.07, 6.45) is -0.194. The van der Waals surface area contributed by atoms with E-state index in [0.29, 0.717) is 17.9 Å². The summed E-state index contributed by atoms with van der Waals surface area (Å²) in [6, 6.07) is 3.50. The van der Waals surface area contributed by atoms with Gasteiger partial charge in [-0.2, -0.15) is 0 Å². The van der Waals surface area contributed by atoms with E-state index in [-0.39, 0.29) is 6.10 Å². The van der Waals surface area contributed by atoms with Gasteiger partial charge in [0, 0.05) is 7.11 Å². The van der Waals surface area contributed by atoms with E-state index in [9.17, 15) is 12.9 Å². The van der Waals surface area contributed by atoms with Crippen molar-refractivity contribution in [2.24, 2.45) is 0 Å². The third-order valence-corrected chi connectivity index (χ3v) is 2.31. The van der Waals surface area contributed by atoms with Crippen molar-refractivity contribution in [2.45, 2.75) is 20.0 Å². The smallest absolute Gasteiger partial charge is 0.488 e. The highest BCUT2D eigenvalue weighted by molar-refractivity contribution is 6.73. The quantitative estimate of drug-likeness (QED) is 0.744. The molecule has 0 aliphatic heterocycles. The largest absolute Gasteiger partial charge is 0.509 e. The first-order valence-corrected chi connectivity index (χ1v) is 5.30. The molecule has 17 heavy (non-hydrogen) atoms. The molecule has 0 spiro atoms. The topological polar surface area (TPSA) is 18.5 Å². The molecular formula is C11H15BF3O2-. The van der Waals surface area contributed by atoms with Crippen LogP contribution in [0.15, 0.2) is 18.2 Å². The minimum atomic E-state index is -4.95. The SMILES string of the molecule is COCC(C)Oc1ccc([B-](F)(F)F)cc1C. The first-order chi connectivity index (χ1) is 7.84. The molecule has 0 aromatic heterocycles. The van der Waals surface area contributed by atoms with E-state index in [0.717, 1.165) is 12.1 Å². The Kier molecular flexibility index (Phi) is 4.45. The van der Waals surface area contributed by atoms with Crippen molar-refractivity contribution < 1.29 is 22.4 Å². The molecule has 1 unspecified atom stereocenters. The highest BCUT2D eigenvalue weighted by atomic mass is 19.4. The zero-order chi connectivity index (χ0) is 13.1. The Hall–Kier alpha value is -1.17. The summed E-state index contributed by atoms with van der Waals surface area (Å²) in [4.78, 5) is 0. The van der Waals surface area contributed by atoms with Crippen LogP contribution in [0.5, 0.6) is 5.75 Å². The van der Waals surface area contributed by atoms with E-state index < -0.39 is 12.4 Å². The van der Waals surface area contributed by atoms with Gasteiger partial charge in [-0.3, -0.25) is 0 Å². The first-order valence-electron chi connectivity index (χ1n) is 5.30. The van der Waals surface area contributed by atoms with Crippen LogP contribution in [0.3, 0.4) is 0 Å². The van der Waals surface area contributed by atoms with Gasteiger partial charge in [-0.25, -0.2) is 0 Å². The van der Waals surface area contributed by atoms with E-state index in [1.54, 1.807) is 21.0 Å². The zero-order valence-corrected chi connectivity index (χ0v) is 10.0. The number of hydrogen-bond acceptors (Lipinski definition) is 2. The molecule has 0 saturated carbocycles. The van der Waals surface area contributed by atoms with Gasteiger partial charge >= 0.3 is 6.98 Å². The van der Waals surface area contributed by atoms with Crippen molar-refractivity contribution in [3.05, 3.63) is 23.8 Å². The summed E-state index contributed by atoms with van der Waals surface area (Å²) in [7, 11) is 1.54. The van der Waals surface area contributed by atoms with Gasteiger partial charge in [-0.1, -0.05) is 12.1 Å². The van der Waals surface area contributed by atoms with Crippen LogP contribution in [0.1, 0.15) is 12.5 Å². The average Bonchev–Trinajstić information content (AvgIpc) is 2.20. The Morgan fingerprint density at radius 3 is 2.41 bits per heavy atom. The molecule has 0 aliphatic carbocycles. The molecular weight excluding hydrogens is 232 g/mol. The number of aryl methyl sites for hydroxylation is 1. The van der Waals surface area contributed by atoms with Crippen LogP contribution in [-0.2, 0) is 4.74 Å². The van der Waals surface area contributed by atoms with Crippen molar-refractivity contribution in [2.75, 3.05) is 13.7 Å². The molecule has 2 nitrogen and oxygen atoms in total. The summed E-state index contributed by atoms with van der Waals surface area (Å²) in [5.74, 6) is 0.457. The lowest BCUT2D eigenvalue weighted by Gasteiger charge is -2.19. The van der Waals surface area contributed by atoms with Crippen molar-refractivity contribution in [1.82, 2.24) is 0 Å². The molecule has 96 valence electrons. The van der Waals surface area contributed by atoms with Crippen LogP contribution in [0.2, 0.25) is 0 Å². The van der Waals surface area contributed by atoms with Gasteiger partial charge in [-0.15, -0.1) is 5.46 Å². The Morgan fingerprint density at radius 2 is 1.94 bits per heavy atom. The summed E-state index contributed by atoms with van der Waals surface area (Å²) in [6.45, 7) is -1.16. The fourth-order valence-corrected chi connectivity index (χ4v) is 1.49. The summed E-state index contributed by atoms with van der Waals surface area (Å²) >= 11 is 0. The summed E-state index contributed by atoms with van der Waals surface area (Å²) in [5, 5.41) is 0. The standard InChI is InChI=1S/C11H15BF3O2/c1-8-6-10(12(13,14)15)4-5-11(8)17-9(2)7-16-3/h4-6,9H,7H2,1-3H3/q-1. The van der Waals surface area contributed by atoms with Gasteiger partial charge in [0.25, 0.3) is 0 Å². The van der Waals surface area contributed by atoms with Crippen LogP contribution >= 0.6 is 0 Å². The molecule has 0 saturated heterocycles. The fourth-order valence-electron chi connectivity index (χ4n) is 1.49. The molecule has 0 N–H and O–H groups in total. The Labute approximate surface area is 98.8 Å². The number of methoxy groups -OCH3 is 1. The molecule has 0 heterocycles. The van der Waals surface area contributed by atoms with Crippen LogP contribution < -0.4 is 10.2 Å². The molecule has 0 fully saturated rings. The summed E-state index contributed by atoms with van der Waals surface area (Å²) in [5.41, 5.74) is -0.126. The van der Waals surface area contributed by atoms with Crippen LogP contribution in [-0.4, -0.2) is 26.8 Å². The predicted octanol–water partition coefficient (Wildman–Crippen LogP) is 2.46. The van der Waals surface area contributed by atoms with Gasteiger partial charge in [0.05, 0.1) is 6.61 Å². The molecule has 1 aromatic carbocycles. The monoisotopic (exact) mass is 247 g/mol. The molecule has 0 aliphatic rings. The van der Waals surface area contributed by atoms with Gasteiger partial charge in [0.2, 0.25) is 0 Å². The van der Waals surface area contributed by atoms with Gasteiger partial charge in [0.15, 0.2) is 0 Å². The second-order valence-electron chi connectivity index (χ2n) is 3.98. The number of halogens is 3. The van der Waals surface area contributed by atoms with Gasteiger partial charge in [0.1, 0.15) is 11.9 Å². The Morgan fingerprint density at radius 1 is 1.29 bits per heavy atom. The van der Waals surface area contributed by atoms with Crippen molar-refractivity contribution in [3.8, 4) is 5.75 Å². The molecule has 0 bridgehead atoms. The van der Waals surface area contributed by atoms with Crippen molar-refractivity contribution >= 4 is 12.4 Å². The van der Waals surface area contributed by atoms with Crippen LogP contribution in [0.25, 0.3) is 0 Å². The zero-order valence-electron chi connectivity index (χ0n) is 10.0. The Balaban J connectivity index is 2.83. The lowest BCUT2D eigenvalue weighted by atomic mass is 9.79. The summed E-state index contributed by atoms with van der Waals surface area (Å²) < 4.78 is 47.8. The van der Waals surface area contributed by atoms with Gasteiger partial charge in [-0.05, 0) is 25.5 Å².